The molecule has 2 heterocycles. The summed E-state index contributed by atoms with van der Waals surface area (Å²) in [5, 5.41) is 7.41. The second-order valence-electron chi connectivity index (χ2n) is 6.58. The summed E-state index contributed by atoms with van der Waals surface area (Å²) in [6, 6.07) is 10.3. The lowest BCUT2D eigenvalue weighted by molar-refractivity contribution is -0.134. The van der Waals surface area contributed by atoms with E-state index < -0.39 is 0 Å². The number of nitrogens with zero attached hydrogens (tertiary/aromatic N) is 3. The third-order valence-electron chi connectivity index (χ3n) is 4.26. The summed E-state index contributed by atoms with van der Waals surface area (Å²) in [6.45, 7) is 5.99. The maximum Gasteiger partial charge on any atom is 0.240 e. The number of hydrogen-bond donors (Lipinski definition) is 1. The highest BCUT2D eigenvalue weighted by Crippen LogP contribution is 2.16. The molecular weight excluding hydrogens is 304 g/mol. The van der Waals surface area contributed by atoms with Crippen LogP contribution in [0.25, 0.3) is 0 Å². The summed E-state index contributed by atoms with van der Waals surface area (Å²) in [5.41, 5.74) is 1.16. The van der Waals surface area contributed by atoms with Crippen molar-refractivity contribution in [2.45, 2.75) is 51.7 Å². The Bertz CT molecular complexity index is 669. The predicted molar refractivity (Wildman–Crippen MR) is 90.1 cm³/mol. The molecule has 0 bridgehead atoms. The lowest BCUT2D eigenvalue weighted by atomic mass is 10.0. The minimum Gasteiger partial charge on any atom is -0.338 e. The molecule has 6 heteroatoms. The molecule has 1 N–H and O–H groups in total. The van der Waals surface area contributed by atoms with Crippen molar-refractivity contribution in [3.63, 3.8) is 0 Å². The van der Waals surface area contributed by atoms with Crippen LogP contribution in [0.5, 0.6) is 0 Å². The van der Waals surface area contributed by atoms with Crippen LogP contribution in [-0.4, -0.2) is 33.5 Å². The molecule has 1 aliphatic heterocycles. The van der Waals surface area contributed by atoms with Gasteiger partial charge in [0.15, 0.2) is 5.82 Å². The molecule has 128 valence electrons. The molecular formula is C18H24N4O2. The standard InChI is InChI=1S/C18H24N4O2/c1-13(2)18-20-16(24-21-18)10-19-15-8-9-17(23)22(12-15)11-14-6-4-3-5-7-14/h3-7,13,15,19H,8-12H2,1-2H3. The molecule has 24 heavy (non-hydrogen) atoms. The Kier molecular flexibility index (Phi) is 5.25. The number of nitrogens with one attached hydrogen (secondary N) is 1. The number of aromatic nitrogens is 2. The van der Waals surface area contributed by atoms with Crippen molar-refractivity contribution in [2.24, 2.45) is 0 Å². The minimum absolute atomic E-state index is 0.219. The second kappa shape index (κ2) is 7.57. The SMILES string of the molecule is CC(C)c1noc(CNC2CCC(=O)N(Cc3ccccc3)C2)n1. The average Bonchev–Trinajstić information content (AvgIpc) is 3.06. The van der Waals surface area contributed by atoms with E-state index in [1.807, 2.05) is 36.9 Å². The van der Waals surface area contributed by atoms with Crippen LogP contribution >= 0.6 is 0 Å². The Hall–Kier alpha value is -2.21. The third-order valence-corrected chi connectivity index (χ3v) is 4.26. The molecule has 1 aromatic carbocycles. The number of piperidine rings is 1. The zero-order valence-electron chi connectivity index (χ0n) is 14.2. The van der Waals surface area contributed by atoms with Crippen LogP contribution in [0.15, 0.2) is 34.9 Å². The van der Waals surface area contributed by atoms with Crippen molar-refractivity contribution in [1.82, 2.24) is 20.4 Å². The lowest BCUT2D eigenvalue weighted by Gasteiger charge is -2.33. The molecule has 0 saturated carbocycles. The molecule has 0 spiro atoms. The Morgan fingerprint density at radius 3 is 2.83 bits per heavy atom. The molecule has 0 aliphatic carbocycles. The molecule has 2 aromatic rings. The maximum absolute atomic E-state index is 12.2. The van der Waals surface area contributed by atoms with Crippen LogP contribution in [-0.2, 0) is 17.9 Å². The predicted octanol–water partition coefficient (Wildman–Crippen LogP) is 2.47. The highest BCUT2D eigenvalue weighted by atomic mass is 16.5. The van der Waals surface area contributed by atoms with Crippen LogP contribution < -0.4 is 5.32 Å². The molecule has 1 fully saturated rings. The van der Waals surface area contributed by atoms with Gasteiger partial charge in [-0.15, -0.1) is 0 Å². The highest BCUT2D eigenvalue weighted by molar-refractivity contribution is 5.77. The van der Waals surface area contributed by atoms with Gasteiger partial charge in [0.25, 0.3) is 0 Å². The van der Waals surface area contributed by atoms with Crippen molar-refractivity contribution in [3.05, 3.63) is 47.6 Å². The molecule has 1 saturated heterocycles. The fourth-order valence-corrected chi connectivity index (χ4v) is 2.84. The van der Waals surface area contributed by atoms with Crippen LogP contribution in [0.1, 0.15) is 49.9 Å². The fourth-order valence-electron chi connectivity index (χ4n) is 2.84. The van der Waals surface area contributed by atoms with Gasteiger partial charge in [-0.2, -0.15) is 4.98 Å². The van der Waals surface area contributed by atoms with E-state index in [1.54, 1.807) is 0 Å². The quantitative estimate of drug-likeness (QED) is 0.882. The molecule has 1 aromatic heterocycles. The van der Waals surface area contributed by atoms with Gasteiger partial charge in [0, 0.05) is 31.5 Å². The van der Waals surface area contributed by atoms with Gasteiger partial charge < -0.3 is 14.7 Å². The Morgan fingerprint density at radius 2 is 2.12 bits per heavy atom. The lowest BCUT2D eigenvalue weighted by Crippen LogP contribution is -2.47. The summed E-state index contributed by atoms with van der Waals surface area (Å²) in [6.07, 6.45) is 1.42. The van der Waals surface area contributed by atoms with E-state index in [9.17, 15) is 4.79 Å². The summed E-state index contributed by atoms with van der Waals surface area (Å²) in [7, 11) is 0. The number of amides is 1. The fraction of sp³-hybridized carbons (Fsp3) is 0.500. The van der Waals surface area contributed by atoms with E-state index >= 15 is 0 Å². The minimum atomic E-state index is 0.219. The van der Waals surface area contributed by atoms with Crippen molar-refractivity contribution >= 4 is 5.91 Å². The van der Waals surface area contributed by atoms with Gasteiger partial charge in [0.1, 0.15) is 0 Å². The largest absolute Gasteiger partial charge is 0.338 e. The summed E-state index contributed by atoms with van der Waals surface area (Å²) in [5.74, 6) is 1.81. The van der Waals surface area contributed by atoms with Gasteiger partial charge >= 0.3 is 0 Å². The van der Waals surface area contributed by atoms with E-state index in [-0.39, 0.29) is 17.9 Å². The third kappa shape index (κ3) is 4.20. The molecule has 1 aliphatic rings. The maximum atomic E-state index is 12.2. The molecule has 1 amide bonds. The summed E-state index contributed by atoms with van der Waals surface area (Å²) < 4.78 is 5.26. The Balaban J connectivity index is 1.53. The van der Waals surface area contributed by atoms with Crippen molar-refractivity contribution in [3.8, 4) is 0 Å². The Labute approximate surface area is 142 Å². The molecule has 1 atom stereocenters. The van der Waals surface area contributed by atoms with Crippen molar-refractivity contribution in [1.29, 1.82) is 0 Å². The smallest absolute Gasteiger partial charge is 0.240 e. The number of rotatable bonds is 6. The normalized spacial score (nSPS) is 18.4. The number of hydrogen-bond acceptors (Lipinski definition) is 5. The summed E-state index contributed by atoms with van der Waals surface area (Å²) in [4.78, 5) is 18.4. The summed E-state index contributed by atoms with van der Waals surface area (Å²) >= 11 is 0. The first kappa shape index (κ1) is 16.6. The van der Waals surface area contributed by atoms with E-state index in [0.29, 0.717) is 31.9 Å². The van der Waals surface area contributed by atoms with E-state index in [2.05, 4.69) is 27.6 Å². The monoisotopic (exact) mass is 328 g/mol. The van der Waals surface area contributed by atoms with Gasteiger partial charge in [-0.05, 0) is 12.0 Å². The zero-order chi connectivity index (χ0) is 16.9. The van der Waals surface area contributed by atoms with Crippen molar-refractivity contribution < 1.29 is 9.32 Å². The van der Waals surface area contributed by atoms with E-state index in [0.717, 1.165) is 17.8 Å². The van der Waals surface area contributed by atoms with Crippen LogP contribution in [0, 0.1) is 0 Å². The number of carbonyl (C=O) groups excluding carboxylic acids is 1. The zero-order valence-corrected chi connectivity index (χ0v) is 14.2. The van der Waals surface area contributed by atoms with Gasteiger partial charge in [-0.1, -0.05) is 49.3 Å². The van der Waals surface area contributed by atoms with Crippen LogP contribution in [0.2, 0.25) is 0 Å². The van der Waals surface area contributed by atoms with Crippen molar-refractivity contribution in [2.75, 3.05) is 6.54 Å². The first-order valence-corrected chi connectivity index (χ1v) is 8.49. The highest BCUT2D eigenvalue weighted by Gasteiger charge is 2.25. The van der Waals surface area contributed by atoms with Gasteiger partial charge in [0.05, 0.1) is 6.54 Å². The second-order valence-corrected chi connectivity index (χ2v) is 6.58. The topological polar surface area (TPSA) is 71.3 Å². The van der Waals surface area contributed by atoms with E-state index in [1.165, 1.54) is 0 Å². The average molecular weight is 328 g/mol. The van der Waals surface area contributed by atoms with E-state index in [4.69, 9.17) is 4.52 Å². The molecule has 3 rings (SSSR count). The molecule has 6 nitrogen and oxygen atoms in total. The Morgan fingerprint density at radius 1 is 1.33 bits per heavy atom. The first-order chi connectivity index (χ1) is 11.6. The molecule has 1 unspecified atom stereocenters. The van der Waals surface area contributed by atoms with Gasteiger partial charge in [-0.25, -0.2) is 0 Å². The van der Waals surface area contributed by atoms with Gasteiger partial charge in [-0.3, -0.25) is 4.79 Å². The number of benzene rings is 1. The number of carbonyl (C=O) groups is 1. The van der Waals surface area contributed by atoms with Gasteiger partial charge in [0.2, 0.25) is 11.8 Å². The van der Waals surface area contributed by atoms with Crippen LogP contribution in [0.4, 0.5) is 0 Å². The number of likely N-dealkylation sites (tertiary alicyclic amines) is 1. The molecule has 0 radical (unpaired) electrons. The van der Waals surface area contributed by atoms with Crippen LogP contribution in [0.3, 0.4) is 0 Å². The first-order valence-electron chi connectivity index (χ1n) is 8.49.